The Morgan fingerprint density at radius 2 is 1.65 bits per heavy atom. The van der Waals surface area contributed by atoms with Gasteiger partial charge in [0.1, 0.15) is 11.1 Å². The van der Waals surface area contributed by atoms with E-state index in [9.17, 15) is 19.2 Å². The molecular formula is C26H40N4O4. The summed E-state index contributed by atoms with van der Waals surface area (Å²) in [6, 6.07) is 1.76. The molecule has 0 aliphatic heterocycles. The van der Waals surface area contributed by atoms with Crippen molar-refractivity contribution in [1.29, 1.82) is 0 Å². The molecule has 2 aliphatic carbocycles. The van der Waals surface area contributed by atoms with Gasteiger partial charge < -0.3 is 20.5 Å². The zero-order chi connectivity index (χ0) is 24.7. The molecule has 0 atom stereocenters. The molecule has 8 nitrogen and oxygen atoms in total. The van der Waals surface area contributed by atoms with Crippen LogP contribution in [0.1, 0.15) is 93.3 Å². The number of amides is 3. The van der Waals surface area contributed by atoms with E-state index in [4.69, 9.17) is 0 Å². The number of hydrogen-bond acceptors (Lipinski definition) is 4. The van der Waals surface area contributed by atoms with Crippen LogP contribution in [0.4, 0.5) is 0 Å². The van der Waals surface area contributed by atoms with Gasteiger partial charge in [0.2, 0.25) is 11.8 Å². The van der Waals surface area contributed by atoms with Crippen molar-refractivity contribution in [1.82, 2.24) is 20.5 Å². The Labute approximate surface area is 202 Å². The predicted molar refractivity (Wildman–Crippen MR) is 132 cm³/mol. The Morgan fingerprint density at radius 1 is 1.00 bits per heavy atom. The lowest BCUT2D eigenvalue weighted by Crippen LogP contribution is -2.56. The second-order valence-corrected chi connectivity index (χ2v) is 10.3. The van der Waals surface area contributed by atoms with Gasteiger partial charge in [-0.25, -0.2) is 0 Å². The molecule has 0 spiro atoms. The average Bonchev–Trinajstić information content (AvgIpc) is 2.80. The maximum Gasteiger partial charge on any atom is 0.263 e. The van der Waals surface area contributed by atoms with Crippen LogP contribution in [0, 0.1) is 5.92 Å². The fraction of sp³-hybridized carbons (Fsp3) is 0.692. The zero-order valence-electron chi connectivity index (χ0n) is 20.9. The molecule has 1 heterocycles. The molecule has 0 unspecified atom stereocenters. The van der Waals surface area contributed by atoms with E-state index in [0.717, 1.165) is 56.2 Å². The highest BCUT2D eigenvalue weighted by molar-refractivity contribution is 5.99. The van der Waals surface area contributed by atoms with Gasteiger partial charge in [0.15, 0.2) is 0 Å². The molecule has 0 bridgehead atoms. The third-order valence-corrected chi connectivity index (χ3v) is 7.19. The van der Waals surface area contributed by atoms with Gasteiger partial charge in [0, 0.05) is 19.3 Å². The normalized spacial score (nSPS) is 17.1. The van der Waals surface area contributed by atoms with Crippen molar-refractivity contribution in [3.8, 4) is 0 Å². The Balaban J connectivity index is 1.88. The number of nitrogens with zero attached hydrogens (tertiary/aromatic N) is 1. The number of rotatable bonds is 7. The van der Waals surface area contributed by atoms with E-state index in [1.54, 1.807) is 19.9 Å². The number of pyridine rings is 1. The summed E-state index contributed by atoms with van der Waals surface area (Å²) in [4.78, 5) is 51.0. The molecule has 1 fully saturated rings. The van der Waals surface area contributed by atoms with Gasteiger partial charge in [0.05, 0.1) is 6.54 Å². The maximum absolute atomic E-state index is 13.6. The molecule has 188 valence electrons. The minimum absolute atomic E-state index is 0.0994. The van der Waals surface area contributed by atoms with E-state index in [0.29, 0.717) is 12.5 Å². The molecule has 1 aromatic rings. The van der Waals surface area contributed by atoms with E-state index in [1.807, 2.05) is 4.57 Å². The fourth-order valence-corrected chi connectivity index (χ4v) is 5.10. The minimum atomic E-state index is -1.28. The monoisotopic (exact) mass is 472 g/mol. The molecule has 34 heavy (non-hydrogen) atoms. The van der Waals surface area contributed by atoms with Crippen molar-refractivity contribution >= 4 is 17.7 Å². The van der Waals surface area contributed by atoms with E-state index >= 15 is 0 Å². The van der Waals surface area contributed by atoms with Crippen molar-refractivity contribution in [2.45, 2.75) is 96.6 Å². The Hall–Kier alpha value is -2.64. The van der Waals surface area contributed by atoms with Crippen molar-refractivity contribution in [2.75, 3.05) is 13.6 Å². The molecule has 1 aromatic heterocycles. The number of carbonyl (C=O) groups is 3. The van der Waals surface area contributed by atoms with Crippen LogP contribution in [0.25, 0.3) is 0 Å². The SMILES string of the molecule is CNC(=O)CNC(=O)C(C)(C)NC(=O)c1cc2c(n(CC3CCCCC3)c1=O)CCCCCC2. The lowest BCUT2D eigenvalue weighted by Gasteiger charge is -2.28. The summed E-state index contributed by atoms with van der Waals surface area (Å²) in [5.74, 6) is -0.903. The number of aryl methyl sites for hydroxylation is 1. The van der Waals surface area contributed by atoms with Crippen LogP contribution in [-0.4, -0.2) is 41.4 Å². The van der Waals surface area contributed by atoms with Gasteiger partial charge >= 0.3 is 0 Å². The summed E-state index contributed by atoms with van der Waals surface area (Å²) >= 11 is 0. The van der Waals surface area contributed by atoms with Crippen LogP contribution in [0.5, 0.6) is 0 Å². The summed E-state index contributed by atoms with van der Waals surface area (Å²) in [6.45, 7) is 3.62. The highest BCUT2D eigenvalue weighted by Gasteiger charge is 2.32. The smallest absolute Gasteiger partial charge is 0.263 e. The number of carbonyl (C=O) groups excluding carboxylic acids is 3. The standard InChI is InChI=1S/C26H40N4O4/c1-26(2,25(34)28-16-22(31)27-3)29-23(32)20-15-19-13-9-4-5-10-14-21(19)30(24(20)33)17-18-11-7-6-8-12-18/h15,18H,4-14,16-17H2,1-3H3,(H,27,31)(H,28,34)(H,29,32). The van der Waals surface area contributed by atoms with Crippen molar-refractivity contribution in [2.24, 2.45) is 5.92 Å². The van der Waals surface area contributed by atoms with E-state index in [-0.39, 0.29) is 23.6 Å². The molecule has 8 heteroatoms. The van der Waals surface area contributed by atoms with Crippen LogP contribution in [0.15, 0.2) is 10.9 Å². The highest BCUT2D eigenvalue weighted by atomic mass is 16.2. The van der Waals surface area contributed by atoms with Gasteiger partial charge in [-0.3, -0.25) is 19.2 Å². The minimum Gasteiger partial charge on any atom is -0.358 e. The second kappa shape index (κ2) is 11.7. The molecule has 3 amide bonds. The van der Waals surface area contributed by atoms with Crippen LogP contribution in [0.3, 0.4) is 0 Å². The summed E-state index contributed by atoms with van der Waals surface area (Å²) in [5.41, 5.74) is 0.735. The highest BCUT2D eigenvalue weighted by Crippen LogP contribution is 2.27. The van der Waals surface area contributed by atoms with Crippen LogP contribution < -0.4 is 21.5 Å². The molecule has 1 saturated carbocycles. The van der Waals surface area contributed by atoms with Crippen LogP contribution >= 0.6 is 0 Å². The lowest BCUT2D eigenvalue weighted by molar-refractivity contribution is -0.129. The third kappa shape index (κ3) is 6.48. The fourth-order valence-electron chi connectivity index (χ4n) is 5.10. The van der Waals surface area contributed by atoms with E-state index in [1.165, 1.54) is 32.7 Å². The van der Waals surface area contributed by atoms with Crippen molar-refractivity contribution < 1.29 is 14.4 Å². The van der Waals surface area contributed by atoms with Gasteiger partial charge in [0.25, 0.3) is 11.5 Å². The quantitative estimate of drug-likeness (QED) is 0.566. The number of hydrogen-bond donors (Lipinski definition) is 3. The van der Waals surface area contributed by atoms with E-state index in [2.05, 4.69) is 16.0 Å². The summed E-state index contributed by atoms with van der Waals surface area (Å²) in [5, 5.41) is 7.69. The van der Waals surface area contributed by atoms with Gasteiger partial charge in [-0.2, -0.15) is 0 Å². The topological polar surface area (TPSA) is 109 Å². The molecule has 0 saturated heterocycles. The molecule has 0 radical (unpaired) electrons. The van der Waals surface area contributed by atoms with Crippen LogP contribution in [-0.2, 0) is 29.0 Å². The Bertz CT molecular complexity index is 960. The molecule has 0 aromatic carbocycles. The molecule has 2 aliphatic rings. The first kappa shape index (κ1) is 26.0. The lowest BCUT2D eigenvalue weighted by atomic mass is 9.88. The molecule has 3 rings (SSSR count). The van der Waals surface area contributed by atoms with Gasteiger partial charge in [-0.15, -0.1) is 0 Å². The van der Waals surface area contributed by atoms with E-state index < -0.39 is 17.4 Å². The first-order valence-electron chi connectivity index (χ1n) is 12.8. The van der Waals surface area contributed by atoms with Crippen LogP contribution in [0.2, 0.25) is 0 Å². The van der Waals surface area contributed by atoms with Gasteiger partial charge in [-0.1, -0.05) is 32.1 Å². The van der Waals surface area contributed by atoms with Crippen molar-refractivity contribution in [3.05, 3.63) is 33.2 Å². The average molecular weight is 473 g/mol. The maximum atomic E-state index is 13.6. The van der Waals surface area contributed by atoms with Gasteiger partial charge in [-0.05, 0) is 69.9 Å². The first-order chi connectivity index (χ1) is 16.2. The molecular weight excluding hydrogens is 432 g/mol. The number of aromatic nitrogens is 1. The molecule has 3 N–H and O–H groups in total. The number of nitrogens with one attached hydrogen (secondary N) is 3. The second-order valence-electron chi connectivity index (χ2n) is 10.3. The summed E-state index contributed by atoms with van der Waals surface area (Å²) in [7, 11) is 1.49. The zero-order valence-corrected chi connectivity index (χ0v) is 20.9. The van der Waals surface area contributed by atoms with Crippen molar-refractivity contribution in [3.63, 3.8) is 0 Å². The largest absolute Gasteiger partial charge is 0.358 e. The predicted octanol–water partition coefficient (Wildman–Crippen LogP) is 2.46. The summed E-state index contributed by atoms with van der Waals surface area (Å²) < 4.78 is 1.88. The Kier molecular flexibility index (Phi) is 8.91. The number of likely N-dealkylation sites (N-methyl/N-ethyl adjacent to an activating group) is 1. The Morgan fingerprint density at radius 3 is 2.32 bits per heavy atom. The third-order valence-electron chi connectivity index (χ3n) is 7.19. The summed E-state index contributed by atoms with van der Waals surface area (Å²) in [6.07, 6.45) is 12.0. The number of fused-ring (bicyclic) bond motifs is 1. The first-order valence-corrected chi connectivity index (χ1v) is 12.8.